The van der Waals surface area contributed by atoms with Gasteiger partial charge < -0.3 is 0 Å². The van der Waals surface area contributed by atoms with E-state index in [2.05, 4.69) is 91.8 Å². The molecule has 0 saturated heterocycles. The van der Waals surface area contributed by atoms with E-state index in [9.17, 15) is 0 Å². The van der Waals surface area contributed by atoms with Crippen molar-refractivity contribution in [2.24, 2.45) is 0 Å². The maximum absolute atomic E-state index is 2.64. The van der Waals surface area contributed by atoms with Gasteiger partial charge in [0.25, 0.3) is 0 Å². The van der Waals surface area contributed by atoms with Gasteiger partial charge in [0, 0.05) is 0 Å². The number of hydrogen-bond acceptors (Lipinski definition) is 0. The first-order chi connectivity index (χ1) is 16.3. The summed E-state index contributed by atoms with van der Waals surface area (Å²) in [5.41, 5.74) is 9.35. The molecule has 0 amide bonds. The Hall–Kier alpha value is -0.840. The van der Waals surface area contributed by atoms with Crippen molar-refractivity contribution in [1.82, 2.24) is 0 Å². The molecule has 2 heteroatoms. The molecule has 0 spiro atoms. The highest BCUT2D eigenvalue weighted by Gasteiger charge is 2.30. The van der Waals surface area contributed by atoms with Crippen molar-refractivity contribution in [3.8, 4) is 11.1 Å². The summed E-state index contributed by atoms with van der Waals surface area (Å²) < 4.78 is 0. The highest BCUT2D eigenvalue weighted by molar-refractivity contribution is 7.67. The Morgan fingerprint density at radius 3 is 1.89 bits per heavy atom. The van der Waals surface area contributed by atoms with Crippen molar-refractivity contribution >= 4 is 25.6 Å². The lowest BCUT2D eigenvalue weighted by molar-refractivity contribution is 0.508. The van der Waals surface area contributed by atoms with Crippen LogP contribution in [0.4, 0.5) is 0 Å². The molecule has 0 heterocycles. The molecule has 2 aromatic carbocycles. The van der Waals surface area contributed by atoms with E-state index < -0.39 is 0 Å². The number of hydrogen-bond donors (Lipinski definition) is 0. The minimum Gasteiger partial charge on any atom is -0.147 e. The second kappa shape index (κ2) is 14.2. The number of rotatable bonds is 10. The highest BCUT2D eigenvalue weighted by atomic mass is 35.5. The molecule has 1 fully saturated rings. The molecule has 2 unspecified atom stereocenters. The van der Waals surface area contributed by atoms with Crippen molar-refractivity contribution in [2.45, 2.75) is 136 Å². The quantitative estimate of drug-likeness (QED) is 0.276. The third-order valence-corrected chi connectivity index (χ3v) is 11.6. The second-order valence-corrected chi connectivity index (χ2v) is 14.4. The molecule has 0 bridgehead atoms. The molecule has 1 aliphatic rings. The van der Waals surface area contributed by atoms with Crippen LogP contribution in [0.15, 0.2) is 36.4 Å². The van der Waals surface area contributed by atoms with Crippen LogP contribution in [0, 0.1) is 0 Å². The van der Waals surface area contributed by atoms with Gasteiger partial charge in [0.2, 0.25) is 0 Å². The van der Waals surface area contributed by atoms with Crippen LogP contribution in [-0.2, 0) is 0 Å². The third kappa shape index (κ3) is 7.36. The predicted molar refractivity (Wildman–Crippen MR) is 164 cm³/mol. The van der Waals surface area contributed by atoms with E-state index in [-0.39, 0.29) is 20.3 Å². The average Bonchev–Trinajstić information content (AvgIpc) is 2.83. The molecule has 0 aromatic heterocycles. The second-order valence-electron chi connectivity index (χ2n) is 11.6. The van der Waals surface area contributed by atoms with E-state index in [1.807, 2.05) is 0 Å². The van der Waals surface area contributed by atoms with E-state index in [1.165, 1.54) is 79.2 Å². The lowest BCUT2D eigenvalue weighted by Gasteiger charge is -2.37. The zero-order valence-electron chi connectivity index (χ0n) is 23.9. The first-order valence-electron chi connectivity index (χ1n) is 14.3. The van der Waals surface area contributed by atoms with E-state index >= 15 is 0 Å². The Labute approximate surface area is 225 Å². The molecule has 1 aliphatic carbocycles. The molecule has 0 nitrogen and oxygen atoms in total. The SMILES string of the molecule is CCCC(CC)P(c1cccc(-c2c(C(C)C)cc(C(C)C)cc2C(C)C)c1)C1CCCCC1.Cl. The lowest BCUT2D eigenvalue weighted by atomic mass is 9.82. The van der Waals surface area contributed by atoms with Crippen molar-refractivity contribution in [3.05, 3.63) is 53.1 Å². The standard InChI is InChI=1S/C33H51P.ClH/c1-9-15-28(10-2)34(29-17-12-11-13-18-29)30-19-14-16-26(20-30)33-31(24(5)6)21-27(23(3)4)22-32(33)25(7)8;/h14,16,19-25,28-29H,9-13,15,17-18H2,1-8H3;1H. The Morgan fingerprint density at radius 2 is 1.40 bits per heavy atom. The summed E-state index contributed by atoms with van der Waals surface area (Å²) in [4.78, 5) is 0. The average molecular weight is 515 g/mol. The number of halogens is 1. The Kier molecular flexibility index (Phi) is 12.3. The molecule has 2 atom stereocenters. The molecule has 196 valence electrons. The zero-order valence-corrected chi connectivity index (χ0v) is 25.6. The molecular weight excluding hydrogens is 463 g/mol. The molecule has 35 heavy (non-hydrogen) atoms. The summed E-state index contributed by atoms with van der Waals surface area (Å²) in [5, 5.41) is 1.68. The minimum atomic E-state index is -0.116. The fourth-order valence-corrected chi connectivity index (χ4v) is 9.90. The van der Waals surface area contributed by atoms with Gasteiger partial charge in [-0.15, -0.1) is 12.4 Å². The molecule has 2 aromatic rings. The van der Waals surface area contributed by atoms with E-state index in [0.29, 0.717) is 17.8 Å². The Morgan fingerprint density at radius 1 is 0.800 bits per heavy atom. The van der Waals surface area contributed by atoms with Crippen LogP contribution in [0.5, 0.6) is 0 Å². The minimum absolute atomic E-state index is 0. The van der Waals surface area contributed by atoms with Gasteiger partial charge in [0.1, 0.15) is 0 Å². The summed E-state index contributed by atoms with van der Waals surface area (Å²) >= 11 is 0. The van der Waals surface area contributed by atoms with Crippen LogP contribution in [-0.4, -0.2) is 11.3 Å². The van der Waals surface area contributed by atoms with Crippen molar-refractivity contribution in [1.29, 1.82) is 0 Å². The first-order valence-corrected chi connectivity index (χ1v) is 15.8. The highest BCUT2D eigenvalue weighted by Crippen LogP contribution is 2.53. The molecule has 0 N–H and O–H groups in total. The van der Waals surface area contributed by atoms with Gasteiger partial charge in [-0.2, -0.15) is 0 Å². The van der Waals surface area contributed by atoms with Crippen LogP contribution >= 0.6 is 20.3 Å². The Bertz CT molecular complexity index is 873. The van der Waals surface area contributed by atoms with Crippen LogP contribution in [0.25, 0.3) is 11.1 Å². The molecule has 0 radical (unpaired) electrons. The first kappa shape index (κ1) is 30.4. The van der Waals surface area contributed by atoms with Gasteiger partial charge in [0.15, 0.2) is 0 Å². The van der Waals surface area contributed by atoms with Crippen LogP contribution in [0.1, 0.15) is 141 Å². The monoisotopic (exact) mass is 514 g/mol. The summed E-state index contributed by atoms with van der Waals surface area (Å²) in [6.07, 6.45) is 11.3. The predicted octanol–water partition coefficient (Wildman–Crippen LogP) is 11.2. The normalized spacial score (nSPS) is 16.5. The van der Waals surface area contributed by atoms with Gasteiger partial charge in [-0.1, -0.05) is 119 Å². The van der Waals surface area contributed by atoms with Gasteiger partial charge in [-0.05, 0) is 93.9 Å². The number of benzene rings is 2. The summed E-state index contributed by atoms with van der Waals surface area (Å²) in [5.74, 6) is 1.62. The largest absolute Gasteiger partial charge is 0.147 e. The zero-order chi connectivity index (χ0) is 24.8. The van der Waals surface area contributed by atoms with E-state index in [4.69, 9.17) is 0 Å². The maximum atomic E-state index is 2.64. The fourth-order valence-electron chi connectivity index (χ4n) is 6.06. The summed E-state index contributed by atoms with van der Waals surface area (Å²) in [6.45, 7) is 19.0. The van der Waals surface area contributed by atoms with E-state index in [0.717, 1.165) is 11.3 Å². The maximum Gasteiger partial charge on any atom is -0.0114 e. The fraction of sp³-hybridized carbons (Fsp3) is 0.636. The molecule has 3 rings (SSSR count). The van der Waals surface area contributed by atoms with Crippen LogP contribution in [0.3, 0.4) is 0 Å². The molecule has 0 aliphatic heterocycles. The summed E-state index contributed by atoms with van der Waals surface area (Å²) in [6, 6.07) is 14.9. The summed E-state index contributed by atoms with van der Waals surface area (Å²) in [7, 11) is -0.116. The van der Waals surface area contributed by atoms with Gasteiger partial charge in [0.05, 0.1) is 0 Å². The van der Waals surface area contributed by atoms with E-state index in [1.54, 1.807) is 5.30 Å². The molecule has 1 saturated carbocycles. The van der Waals surface area contributed by atoms with Crippen molar-refractivity contribution < 1.29 is 0 Å². The van der Waals surface area contributed by atoms with Crippen LogP contribution in [0.2, 0.25) is 0 Å². The van der Waals surface area contributed by atoms with Gasteiger partial charge in [-0.25, -0.2) is 0 Å². The van der Waals surface area contributed by atoms with Crippen LogP contribution < -0.4 is 5.30 Å². The van der Waals surface area contributed by atoms with Crippen molar-refractivity contribution in [2.75, 3.05) is 0 Å². The Balaban J connectivity index is 0.00000432. The third-order valence-electron chi connectivity index (χ3n) is 8.02. The van der Waals surface area contributed by atoms with Crippen molar-refractivity contribution in [3.63, 3.8) is 0 Å². The lowest BCUT2D eigenvalue weighted by Crippen LogP contribution is -2.24. The molecular formula is C33H52ClP. The van der Waals surface area contributed by atoms with Gasteiger partial charge >= 0.3 is 0 Å². The van der Waals surface area contributed by atoms with Gasteiger partial charge in [-0.3, -0.25) is 0 Å². The topological polar surface area (TPSA) is 0 Å². The smallest absolute Gasteiger partial charge is 0.0114 e.